The van der Waals surface area contributed by atoms with Gasteiger partial charge in [-0.2, -0.15) is 0 Å². The summed E-state index contributed by atoms with van der Waals surface area (Å²) in [5.41, 5.74) is 0. The molecule has 0 spiro atoms. The van der Waals surface area contributed by atoms with Crippen molar-refractivity contribution in [2.45, 2.75) is 31.2 Å². The smallest absolute Gasteiger partial charge is 0.175 e. The summed E-state index contributed by atoms with van der Waals surface area (Å²) < 4.78 is 16.6. The van der Waals surface area contributed by atoms with E-state index in [4.69, 9.17) is 14.2 Å². The Morgan fingerprint density at radius 2 is 1.77 bits per heavy atom. The zero-order chi connectivity index (χ0) is 9.47. The van der Waals surface area contributed by atoms with Gasteiger partial charge in [-0.25, -0.2) is 0 Å². The van der Waals surface area contributed by atoms with Crippen molar-refractivity contribution < 1.29 is 14.2 Å². The van der Waals surface area contributed by atoms with Gasteiger partial charge in [-0.05, 0) is 19.3 Å². The van der Waals surface area contributed by atoms with Crippen LogP contribution < -0.4 is 0 Å². The third kappa shape index (κ3) is 1.07. The zero-order valence-electron chi connectivity index (χ0n) is 8.58. The van der Waals surface area contributed by atoms with Gasteiger partial charge in [0, 0.05) is 33.2 Å². The predicted molar refractivity (Wildman–Crippen MR) is 48.4 cm³/mol. The van der Waals surface area contributed by atoms with Crippen molar-refractivity contribution in [3.63, 3.8) is 0 Å². The van der Waals surface area contributed by atoms with Crippen LogP contribution in [0, 0.1) is 11.8 Å². The van der Waals surface area contributed by atoms with Crippen LogP contribution in [-0.2, 0) is 14.2 Å². The molecule has 3 nitrogen and oxygen atoms in total. The minimum Gasteiger partial charge on any atom is -0.381 e. The lowest BCUT2D eigenvalue weighted by Gasteiger charge is -2.31. The third-order valence-corrected chi connectivity index (χ3v) is 3.82. The first-order valence-corrected chi connectivity index (χ1v) is 4.91. The summed E-state index contributed by atoms with van der Waals surface area (Å²) in [6, 6.07) is 0. The molecular weight excluding hydrogens is 168 g/mol. The van der Waals surface area contributed by atoms with Gasteiger partial charge in [0.1, 0.15) is 0 Å². The molecule has 2 fully saturated rings. The van der Waals surface area contributed by atoms with Crippen LogP contribution in [0.25, 0.3) is 0 Å². The lowest BCUT2D eigenvalue weighted by molar-refractivity contribution is -0.240. The van der Waals surface area contributed by atoms with E-state index in [0.29, 0.717) is 17.9 Å². The molecule has 0 saturated heterocycles. The van der Waals surface area contributed by atoms with Crippen molar-refractivity contribution in [1.82, 2.24) is 0 Å². The topological polar surface area (TPSA) is 27.7 Å². The number of hydrogen-bond acceptors (Lipinski definition) is 3. The normalized spacial score (nSPS) is 41.3. The summed E-state index contributed by atoms with van der Waals surface area (Å²) in [7, 11) is 5.27. The van der Waals surface area contributed by atoms with Gasteiger partial charge in [0.2, 0.25) is 0 Å². The van der Waals surface area contributed by atoms with E-state index in [0.717, 1.165) is 6.42 Å². The second-order valence-electron chi connectivity index (χ2n) is 4.02. The van der Waals surface area contributed by atoms with E-state index in [1.807, 2.05) is 0 Å². The van der Waals surface area contributed by atoms with Gasteiger partial charge in [-0.3, -0.25) is 0 Å². The summed E-state index contributed by atoms with van der Waals surface area (Å²) in [6.45, 7) is 0. The number of ether oxygens (including phenoxy) is 3. The SMILES string of the molecule is CO[C@H]1C[C@H]2CC[C@@H]1C2(OC)OC. The Morgan fingerprint density at radius 3 is 2.15 bits per heavy atom. The summed E-state index contributed by atoms with van der Waals surface area (Å²) in [6.07, 6.45) is 3.80. The first-order valence-electron chi connectivity index (χ1n) is 4.91. The Kier molecular flexibility index (Phi) is 2.34. The monoisotopic (exact) mass is 186 g/mol. The molecule has 0 aromatic rings. The van der Waals surface area contributed by atoms with E-state index in [2.05, 4.69) is 0 Å². The minimum absolute atomic E-state index is 0.332. The molecule has 2 rings (SSSR count). The minimum atomic E-state index is -0.347. The van der Waals surface area contributed by atoms with Crippen LogP contribution >= 0.6 is 0 Å². The summed E-state index contributed by atoms with van der Waals surface area (Å²) in [4.78, 5) is 0. The predicted octanol–water partition coefficient (Wildman–Crippen LogP) is 1.42. The molecule has 2 saturated carbocycles. The fourth-order valence-corrected chi connectivity index (χ4v) is 3.24. The highest BCUT2D eigenvalue weighted by molar-refractivity contribution is 5.04. The van der Waals surface area contributed by atoms with Crippen molar-refractivity contribution in [3.8, 4) is 0 Å². The van der Waals surface area contributed by atoms with E-state index in [1.165, 1.54) is 12.8 Å². The molecule has 13 heavy (non-hydrogen) atoms. The van der Waals surface area contributed by atoms with Gasteiger partial charge in [0.05, 0.1) is 6.10 Å². The second-order valence-corrected chi connectivity index (χ2v) is 4.02. The molecule has 0 aromatic heterocycles. The Bertz CT molecular complexity index is 189. The number of hydrogen-bond donors (Lipinski definition) is 0. The van der Waals surface area contributed by atoms with Crippen molar-refractivity contribution >= 4 is 0 Å². The molecular formula is C10H18O3. The standard InChI is InChI=1S/C10H18O3/c1-11-9-6-7-4-5-8(9)10(7,12-2)13-3/h7-9H,4-6H2,1-3H3/t7-,8+,9+/m1/s1. The molecule has 3 heteroatoms. The Hall–Kier alpha value is -0.120. The Labute approximate surface area is 79.4 Å². The van der Waals surface area contributed by atoms with Gasteiger partial charge in [-0.15, -0.1) is 0 Å². The molecule has 0 amide bonds. The highest BCUT2D eigenvalue weighted by atomic mass is 16.7. The van der Waals surface area contributed by atoms with Crippen molar-refractivity contribution in [3.05, 3.63) is 0 Å². The summed E-state index contributed by atoms with van der Waals surface area (Å²) in [5, 5.41) is 0. The molecule has 2 aliphatic rings. The highest BCUT2D eigenvalue weighted by Crippen LogP contribution is 2.55. The maximum atomic E-state index is 5.56. The number of methoxy groups -OCH3 is 3. The van der Waals surface area contributed by atoms with Crippen LogP contribution in [-0.4, -0.2) is 33.2 Å². The largest absolute Gasteiger partial charge is 0.381 e. The maximum Gasteiger partial charge on any atom is 0.175 e. The van der Waals surface area contributed by atoms with Crippen molar-refractivity contribution in [1.29, 1.82) is 0 Å². The van der Waals surface area contributed by atoms with Gasteiger partial charge >= 0.3 is 0 Å². The molecule has 3 atom stereocenters. The maximum absolute atomic E-state index is 5.56. The van der Waals surface area contributed by atoms with E-state index in [9.17, 15) is 0 Å². The molecule has 0 N–H and O–H groups in total. The molecule has 0 aromatic carbocycles. The first kappa shape index (κ1) is 9.44. The second kappa shape index (κ2) is 3.23. The van der Waals surface area contributed by atoms with Crippen LogP contribution in [0.5, 0.6) is 0 Å². The third-order valence-electron chi connectivity index (χ3n) is 3.82. The molecule has 2 bridgehead atoms. The van der Waals surface area contributed by atoms with Crippen LogP contribution in [0.1, 0.15) is 19.3 Å². The van der Waals surface area contributed by atoms with Crippen molar-refractivity contribution in [2.24, 2.45) is 11.8 Å². The quantitative estimate of drug-likeness (QED) is 0.624. The average molecular weight is 186 g/mol. The molecule has 0 heterocycles. The highest BCUT2D eigenvalue weighted by Gasteiger charge is 2.60. The fourth-order valence-electron chi connectivity index (χ4n) is 3.24. The van der Waals surface area contributed by atoms with E-state index in [1.54, 1.807) is 21.3 Å². The molecule has 0 unspecified atom stereocenters. The lowest BCUT2D eigenvalue weighted by Crippen LogP contribution is -2.40. The Morgan fingerprint density at radius 1 is 1.08 bits per heavy atom. The van der Waals surface area contributed by atoms with Gasteiger partial charge < -0.3 is 14.2 Å². The molecule has 0 radical (unpaired) electrons. The molecule has 2 aliphatic carbocycles. The number of fused-ring (bicyclic) bond motifs is 2. The molecule has 76 valence electrons. The van der Waals surface area contributed by atoms with E-state index in [-0.39, 0.29) is 5.79 Å². The summed E-state index contributed by atoms with van der Waals surface area (Å²) in [5.74, 6) is 0.607. The lowest BCUT2D eigenvalue weighted by atomic mass is 9.98. The fraction of sp³-hybridized carbons (Fsp3) is 1.00. The Balaban J connectivity index is 2.22. The average Bonchev–Trinajstić information content (AvgIpc) is 2.69. The molecule has 0 aliphatic heterocycles. The summed E-state index contributed by atoms with van der Waals surface area (Å²) >= 11 is 0. The van der Waals surface area contributed by atoms with E-state index >= 15 is 0 Å². The van der Waals surface area contributed by atoms with Crippen molar-refractivity contribution in [2.75, 3.05) is 21.3 Å². The number of rotatable bonds is 3. The van der Waals surface area contributed by atoms with Gasteiger partial charge in [-0.1, -0.05) is 0 Å². The van der Waals surface area contributed by atoms with E-state index < -0.39 is 0 Å². The van der Waals surface area contributed by atoms with Gasteiger partial charge in [0.15, 0.2) is 5.79 Å². The van der Waals surface area contributed by atoms with Crippen LogP contribution in [0.4, 0.5) is 0 Å². The first-order chi connectivity index (χ1) is 6.28. The van der Waals surface area contributed by atoms with Gasteiger partial charge in [0.25, 0.3) is 0 Å². The zero-order valence-corrected chi connectivity index (χ0v) is 8.58. The van der Waals surface area contributed by atoms with Crippen LogP contribution in [0.15, 0.2) is 0 Å². The van der Waals surface area contributed by atoms with Crippen LogP contribution in [0.3, 0.4) is 0 Å². The van der Waals surface area contributed by atoms with Crippen LogP contribution in [0.2, 0.25) is 0 Å².